The number of aliphatic hydroxyl groups is 1. The summed E-state index contributed by atoms with van der Waals surface area (Å²) in [7, 11) is 0. The molecule has 2 fully saturated rings. The summed E-state index contributed by atoms with van der Waals surface area (Å²) in [6.45, 7) is 6.02. The molecule has 0 spiro atoms. The third-order valence-electron chi connectivity index (χ3n) is 7.33. The highest BCUT2D eigenvalue weighted by Crippen LogP contribution is 2.63. The molecule has 2 bridgehead atoms. The first kappa shape index (κ1) is 19.8. The van der Waals surface area contributed by atoms with Gasteiger partial charge < -0.3 is 9.84 Å². The molecule has 0 unspecified atom stereocenters. The highest BCUT2D eigenvalue weighted by atomic mass is 35.5. The Morgan fingerprint density at radius 3 is 2.37 bits per heavy atom. The van der Waals surface area contributed by atoms with Crippen molar-refractivity contribution in [3.8, 4) is 11.1 Å². The molecule has 2 aromatic carbocycles. The van der Waals surface area contributed by atoms with Crippen LogP contribution in [-0.4, -0.2) is 22.1 Å². The number of hydrogen-bond donors (Lipinski definition) is 1. The molecular formula is C25H24ClFO3. The van der Waals surface area contributed by atoms with E-state index in [-0.39, 0.29) is 28.4 Å². The van der Waals surface area contributed by atoms with E-state index in [1.165, 1.54) is 12.1 Å². The number of ketones is 1. The lowest BCUT2D eigenvalue weighted by Gasteiger charge is -2.30. The molecule has 2 saturated heterocycles. The van der Waals surface area contributed by atoms with Crippen molar-refractivity contribution in [3.63, 3.8) is 0 Å². The molecule has 2 aromatic rings. The lowest BCUT2D eigenvalue weighted by atomic mass is 9.68. The van der Waals surface area contributed by atoms with Crippen LogP contribution in [0.3, 0.4) is 0 Å². The van der Waals surface area contributed by atoms with Crippen LogP contribution in [0.15, 0.2) is 42.2 Å². The summed E-state index contributed by atoms with van der Waals surface area (Å²) in [5, 5.41) is 11.3. The van der Waals surface area contributed by atoms with Crippen molar-refractivity contribution in [1.29, 1.82) is 0 Å². The molecule has 4 atom stereocenters. The van der Waals surface area contributed by atoms with Gasteiger partial charge in [0.15, 0.2) is 5.78 Å². The molecule has 3 aliphatic rings. The monoisotopic (exact) mass is 426 g/mol. The number of benzene rings is 2. The lowest BCUT2D eigenvalue weighted by Crippen LogP contribution is -2.39. The Morgan fingerprint density at radius 1 is 1.10 bits per heavy atom. The molecule has 0 amide bonds. The highest BCUT2D eigenvalue weighted by molar-refractivity contribution is 6.30. The van der Waals surface area contributed by atoms with E-state index in [1.807, 2.05) is 39.0 Å². The summed E-state index contributed by atoms with van der Waals surface area (Å²) in [6.07, 6.45) is 2.37. The molecule has 30 heavy (non-hydrogen) atoms. The fourth-order valence-electron chi connectivity index (χ4n) is 5.83. The van der Waals surface area contributed by atoms with Crippen LogP contribution in [0.5, 0.6) is 0 Å². The van der Waals surface area contributed by atoms with Crippen LogP contribution in [0.4, 0.5) is 4.39 Å². The van der Waals surface area contributed by atoms with Gasteiger partial charge in [0, 0.05) is 0 Å². The Balaban J connectivity index is 1.66. The number of aryl methyl sites for hydroxylation is 1. The molecule has 3 nitrogen and oxygen atoms in total. The van der Waals surface area contributed by atoms with E-state index in [4.69, 9.17) is 16.3 Å². The van der Waals surface area contributed by atoms with E-state index in [0.29, 0.717) is 11.1 Å². The van der Waals surface area contributed by atoms with Crippen molar-refractivity contribution in [3.05, 3.63) is 64.1 Å². The minimum Gasteiger partial charge on any atom is -0.511 e. The van der Waals surface area contributed by atoms with E-state index in [2.05, 4.69) is 0 Å². The number of ether oxygens (including phenoxy) is 1. The van der Waals surface area contributed by atoms with Gasteiger partial charge in [-0.25, -0.2) is 4.39 Å². The quantitative estimate of drug-likeness (QED) is 0.641. The third-order valence-corrected chi connectivity index (χ3v) is 7.63. The SMILES string of the molecule is CCc1ccc(-c2ccc(Cl)c(F)c2)cc1C1=C(O)[C@H]2[C@@H](C1=O)[C@]1(C)CC[C@@]2(C)O1. The second-order valence-electron chi connectivity index (χ2n) is 9.16. The molecule has 0 aromatic heterocycles. The van der Waals surface area contributed by atoms with Gasteiger partial charge in [-0.1, -0.05) is 36.7 Å². The largest absolute Gasteiger partial charge is 0.511 e. The number of rotatable bonds is 3. The number of hydrogen-bond acceptors (Lipinski definition) is 3. The zero-order valence-electron chi connectivity index (χ0n) is 17.3. The number of fused-ring (bicyclic) bond motifs is 5. The second-order valence-corrected chi connectivity index (χ2v) is 9.57. The van der Waals surface area contributed by atoms with E-state index in [1.54, 1.807) is 6.07 Å². The molecule has 1 aliphatic carbocycles. The summed E-state index contributed by atoms with van der Waals surface area (Å²) in [4.78, 5) is 13.6. The number of aliphatic hydroxyl groups excluding tert-OH is 1. The van der Waals surface area contributed by atoms with E-state index in [0.717, 1.165) is 36.0 Å². The minimum absolute atomic E-state index is 0.0439. The van der Waals surface area contributed by atoms with Gasteiger partial charge in [-0.3, -0.25) is 4.79 Å². The Bertz CT molecular complexity index is 1120. The number of carbonyl (C=O) groups is 1. The summed E-state index contributed by atoms with van der Waals surface area (Å²) >= 11 is 5.83. The Labute approximate surface area is 180 Å². The Kier molecular flexibility index (Phi) is 4.23. The average molecular weight is 427 g/mol. The maximum atomic E-state index is 14.0. The van der Waals surface area contributed by atoms with Crippen LogP contribution >= 0.6 is 11.6 Å². The van der Waals surface area contributed by atoms with Crippen molar-refractivity contribution < 1.29 is 19.0 Å². The van der Waals surface area contributed by atoms with Crippen LogP contribution in [0.1, 0.15) is 44.7 Å². The Hall–Kier alpha value is -2.17. The molecule has 156 valence electrons. The molecule has 2 aliphatic heterocycles. The summed E-state index contributed by atoms with van der Waals surface area (Å²) in [5.41, 5.74) is 2.52. The van der Waals surface area contributed by atoms with Crippen molar-refractivity contribution in [2.45, 2.75) is 51.2 Å². The number of Topliss-reactive ketones (excluding diaryl/α,β-unsaturated/α-hetero) is 1. The van der Waals surface area contributed by atoms with Gasteiger partial charge in [0.05, 0.1) is 33.6 Å². The first-order chi connectivity index (χ1) is 14.2. The lowest BCUT2D eigenvalue weighted by molar-refractivity contribution is -0.121. The van der Waals surface area contributed by atoms with E-state index >= 15 is 0 Å². The smallest absolute Gasteiger partial charge is 0.173 e. The molecule has 5 rings (SSSR count). The van der Waals surface area contributed by atoms with Crippen molar-refractivity contribution >= 4 is 23.0 Å². The molecule has 5 heteroatoms. The molecule has 0 saturated carbocycles. The van der Waals surface area contributed by atoms with Gasteiger partial charge in [-0.15, -0.1) is 0 Å². The fraction of sp³-hybridized carbons (Fsp3) is 0.400. The summed E-state index contributed by atoms with van der Waals surface area (Å²) < 4.78 is 20.3. The van der Waals surface area contributed by atoms with Crippen LogP contribution in [0.25, 0.3) is 16.7 Å². The van der Waals surface area contributed by atoms with Gasteiger partial charge in [0.25, 0.3) is 0 Å². The predicted molar refractivity (Wildman–Crippen MR) is 115 cm³/mol. The molecule has 2 heterocycles. The Morgan fingerprint density at radius 2 is 1.73 bits per heavy atom. The molecule has 1 N–H and O–H groups in total. The maximum Gasteiger partial charge on any atom is 0.173 e. The van der Waals surface area contributed by atoms with Gasteiger partial charge in [0.1, 0.15) is 11.6 Å². The maximum absolute atomic E-state index is 14.0. The van der Waals surface area contributed by atoms with Gasteiger partial charge in [-0.2, -0.15) is 0 Å². The first-order valence-corrected chi connectivity index (χ1v) is 10.8. The van der Waals surface area contributed by atoms with E-state index < -0.39 is 17.0 Å². The van der Waals surface area contributed by atoms with E-state index in [9.17, 15) is 14.3 Å². The normalized spacial score (nSPS) is 32.2. The fourth-order valence-corrected chi connectivity index (χ4v) is 5.95. The zero-order valence-corrected chi connectivity index (χ0v) is 18.0. The zero-order chi connectivity index (χ0) is 21.4. The van der Waals surface area contributed by atoms with Crippen molar-refractivity contribution in [2.24, 2.45) is 11.8 Å². The molecule has 0 radical (unpaired) electrons. The van der Waals surface area contributed by atoms with Crippen LogP contribution < -0.4 is 0 Å². The number of carbonyl (C=O) groups excluding carboxylic acids is 1. The van der Waals surface area contributed by atoms with Crippen molar-refractivity contribution in [1.82, 2.24) is 0 Å². The van der Waals surface area contributed by atoms with Crippen LogP contribution in [-0.2, 0) is 16.0 Å². The van der Waals surface area contributed by atoms with Crippen LogP contribution in [0, 0.1) is 17.7 Å². The minimum atomic E-state index is -0.532. The summed E-state index contributed by atoms with van der Waals surface area (Å²) in [5.74, 6) is -1.05. The average Bonchev–Trinajstić information content (AvgIpc) is 3.27. The second kappa shape index (κ2) is 6.41. The van der Waals surface area contributed by atoms with Gasteiger partial charge in [-0.05, 0) is 73.6 Å². The van der Waals surface area contributed by atoms with Gasteiger partial charge >= 0.3 is 0 Å². The molecular weight excluding hydrogens is 403 g/mol. The number of halogens is 2. The van der Waals surface area contributed by atoms with Gasteiger partial charge in [0.2, 0.25) is 0 Å². The third kappa shape index (κ3) is 2.56. The topological polar surface area (TPSA) is 46.5 Å². The highest BCUT2D eigenvalue weighted by Gasteiger charge is 2.69. The predicted octanol–water partition coefficient (Wildman–Crippen LogP) is 6.13. The summed E-state index contributed by atoms with van der Waals surface area (Å²) in [6, 6.07) is 10.4. The van der Waals surface area contributed by atoms with Crippen molar-refractivity contribution in [2.75, 3.05) is 0 Å². The standard InChI is InChI=1S/C25H24ClFO3/c1-4-13-5-6-14(15-7-8-17(26)18(27)12-15)11-16(13)19-22(28)20-21(23(19)29)25(3)10-9-24(20,2)30-25/h5-8,11-12,20-21,28H,4,9-10H2,1-3H3/t20-,21+,24-,25+/m1/s1. The number of allylic oxidation sites excluding steroid dienone is 1. The van der Waals surface area contributed by atoms with Crippen LogP contribution in [0.2, 0.25) is 5.02 Å². The first-order valence-electron chi connectivity index (χ1n) is 10.4.